The molecule has 2 rings (SSSR count). The van der Waals surface area contributed by atoms with Crippen LogP contribution in [0.5, 0.6) is 0 Å². The molecule has 19 heavy (non-hydrogen) atoms. The number of nitrogen functional groups attached to an aromatic ring is 1. The van der Waals surface area contributed by atoms with Gasteiger partial charge in [0.15, 0.2) is 0 Å². The number of rotatable bonds is 4. The van der Waals surface area contributed by atoms with Crippen LogP contribution in [0.3, 0.4) is 0 Å². The Bertz CT molecular complexity index is 590. The van der Waals surface area contributed by atoms with Gasteiger partial charge in [-0.1, -0.05) is 27.5 Å². The molecule has 1 aromatic carbocycles. The molecule has 0 aliphatic rings. The van der Waals surface area contributed by atoms with Gasteiger partial charge in [0.2, 0.25) is 5.95 Å². The Morgan fingerprint density at radius 2 is 2.00 bits per heavy atom. The number of nitrogens with one attached hydrogen (secondary N) is 2. The molecular weight excluding hydrogens is 330 g/mol. The molecule has 0 atom stereocenters. The lowest BCUT2D eigenvalue weighted by atomic mass is 10.3. The van der Waals surface area contributed by atoms with E-state index in [1.54, 1.807) is 12.1 Å². The van der Waals surface area contributed by atoms with E-state index in [0.717, 1.165) is 16.7 Å². The summed E-state index contributed by atoms with van der Waals surface area (Å²) in [5.41, 5.74) is 6.41. The highest BCUT2D eigenvalue weighted by Crippen LogP contribution is 2.28. The Labute approximate surface area is 124 Å². The van der Waals surface area contributed by atoms with Crippen molar-refractivity contribution in [2.75, 3.05) is 22.9 Å². The molecule has 0 aliphatic heterocycles. The van der Waals surface area contributed by atoms with Crippen LogP contribution >= 0.6 is 27.5 Å². The van der Waals surface area contributed by atoms with Gasteiger partial charge in [0, 0.05) is 17.1 Å². The average Bonchev–Trinajstić information content (AvgIpc) is 2.33. The zero-order chi connectivity index (χ0) is 13.8. The van der Waals surface area contributed by atoms with E-state index in [1.807, 2.05) is 19.1 Å². The van der Waals surface area contributed by atoms with E-state index in [2.05, 4.69) is 36.5 Å². The quantitative estimate of drug-likeness (QED) is 0.790. The van der Waals surface area contributed by atoms with Gasteiger partial charge in [-0.2, -0.15) is 9.97 Å². The molecule has 0 unspecified atom stereocenters. The van der Waals surface area contributed by atoms with Gasteiger partial charge in [0.25, 0.3) is 0 Å². The van der Waals surface area contributed by atoms with Gasteiger partial charge in [0.1, 0.15) is 11.6 Å². The molecule has 4 N–H and O–H groups in total. The van der Waals surface area contributed by atoms with Crippen molar-refractivity contribution >= 4 is 50.8 Å². The van der Waals surface area contributed by atoms with Crippen molar-refractivity contribution in [1.82, 2.24) is 9.97 Å². The maximum Gasteiger partial charge on any atom is 0.223 e. The summed E-state index contributed by atoms with van der Waals surface area (Å²) in [4.78, 5) is 8.20. The van der Waals surface area contributed by atoms with Crippen LogP contribution in [0.1, 0.15) is 6.92 Å². The Morgan fingerprint density at radius 1 is 1.26 bits per heavy atom. The number of aromatic nitrogens is 2. The standard InChI is InChI=1S/C12H13BrClN5/c1-2-16-10-6-11(19-12(15)18-10)17-9-5-7(13)3-4-8(9)14/h3-6H,2H2,1H3,(H4,15,16,17,18,19). The highest BCUT2D eigenvalue weighted by atomic mass is 79.9. The van der Waals surface area contributed by atoms with Crippen LogP contribution in [0.25, 0.3) is 0 Å². The first kappa shape index (κ1) is 13.9. The first-order chi connectivity index (χ1) is 9.08. The van der Waals surface area contributed by atoms with Gasteiger partial charge in [-0.25, -0.2) is 0 Å². The van der Waals surface area contributed by atoms with Crippen molar-refractivity contribution < 1.29 is 0 Å². The van der Waals surface area contributed by atoms with Crippen molar-refractivity contribution in [1.29, 1.82) is 0 Å². The number of nitrogens with two attached hydrogens (primary N) is 1. The van der Waals surface area contributed by atoms with Crippen molar-refractivity contribution in [3.8, 4) is 0 Å². The molecule has 0 bridgehead atoms. The summed E-state index contributed by atoms with van der Waals surface area (Å²) in [7, 11) is 0. The van der Waals surface area contributed by atoms with Crippen LogP contribution in [0.15, 0.2) is 28.7 Å². The molecule has 0 fully saturated rings. The lowest BCUT2D eigenvalue weighted by Gasteiger charge is -2.10. The number of hydrogen-bond donors (Lipinski definition) is 3. The van der Waals surface area contributed by atoms with Crippen LogP contribution < -0.4 is 16.4 Å². The van der Waals surface area contributed by atoms with Crippen molar-refractivity contribution in [3.63, 3.8) is 0 Å². The summed E-state index contributed by atoms with van der Waals surface area (Å²) in [6.45, 7) is 2.74. The first-order valence-corrected chi connectivity index (χ1v) is 6.86. The third-order valence-corrected chi connectivity index (χ3v) is 3.12. The van der Waals surface area contributed by atoms with Gasteiger partial charge in [-0.3, -0.25) is 0 Å². The van der Waals surface area contributed by atoms with Gasteiger partial charge in [-0.15, -0.1) is 0 Å². The predicted molar refractivity (Wildman–Crippen MR) is 83.0 cm³/mol. The lowest BCUT2D eigenvalue weighted by Crippen LogP contribution is -2.05. The van der Waals surface area contributed by atoms with Gasteiger partial charge in [0.05, 0.1) is 10.7 Å². The van der Waals surface area contributed by atoms with Crippen LogP contribution in [0.2, 0.25) is 5.02 Å². The predicted octanol–water partition coefficient (Wildman–Crippen LogP) is 3.65. The lowest BCUT2D eigenvalue weighted by molar-refractivity contribution is 1.12. The molecule has 0 amide bonds. The number of hydrogen-bond acceptors (Lipinski definition) is 5. The van der Waals surface area contributed by atoms with E-state index in [4.69, 9.17) is 17.3 Å². The van der Waals surface area contributed by atoms with E-state index in [9.17, 15) is 0 Å². The molecule has 0 spiro atoms. The molecule has 1 heterocycles. The Hall–Kier alpha value is -1.53. The zero-order valence-electron chi connectivity index (χ0n) is 10.2. The smallest absolute Gasteiger partial charge is 0.223 e. The van der Waals surface area contributed by atoms with Crippen LogP contribution in [0.4, 0.5) is 23.3 Å². The molecule has 2 aromatic rings. The molecule has 0 aliphatic carbocycles. The van der Waals surface area contributed by atoms with E-state index in [1.165, 1.54) is 0 Å². The summed E-state index contributed by atoms with van der Waals surface area (Å²) < 4.78 is 0.924. The summed E-state index contributed by atoms with van der Waals surface area (Å²) >= 11 is 9.51. The number of nitrogens with zero attached hydrogens (tertiary/aromatic N) is 2. The van der Waals surface area contributed by atoms with Gasteiger partial charge in [-0.05, 0) is 25.1 Å². The maximum absolute atomic E-state index is 6.11. The second-order valence-electron chi connectivity index (χ2n) is 3.78. The first-order valence-electron chi connectivity index (χ1n) is 5.69. The minimum Gasteiger partial charge on any atom is -0.370 e. The van der Waals surface area contributed by atoms with E-state index >= 15 is 0 Å². The second kappa shape index (κ2) is 6.08. The molecule has 0 saturated carbocycles. The largest absolute Gasteiger partial charge is 0.370 e. The van der Waals surface area contributed by atoms with Crippen LogP contribution in [0, 0.1) is 0 Å². The third kappa shape index (κ3) is 3.71. The van der Waals surface area contributed by atoms with Crippen molar-refractivity contribution in [3.05, 3.63) is 33.8 Å². The Kier molecular flexibility index (Phi) is 4.44. The topological polar surface area (TPSA) is 75.9 Å². The van der Waals surface area contributed by atoms with Crippen LogP contribution in [-0.2, 0) is 0 Å². The average molecular weight is 343 g/mol. The number of benzene rings is 1. The fourth-order valence-electron chi connectivity index (χ4n) is 1.53. The summed E-state index contributed by atoms with van der Waals surface area (Å²) in [6.07, 6.45) is 0. The van der Waals surface area contributed by atoms with E-state index in [0.29, 0.717) is 16.7 Å². The molecule has 1 aromatic heterocycles. The molecule has 100 valence electrons. The Morgan fingerprint density at radius 3 is 2.74 bits per heavy atom. The van der Waals surface area contributed by atoms with Gasteiger partial charge >= 0.3 is 0 Å². The SMILES string of the molecule is CCNc1cc(Nc2cc(Br)ccc2Cl)nc(N)n1. The molecular formula is C12H13BrClN5. The highest BCUT2D eigenvalue weighted by Gasteiger charge is 2.05. The van der Waals surface area contributed by atoms with E-state index < -0.39 is 0 Å². The summed E-state index contributed by atoms with van der Waals surface area (Å²) in [5.74, 6) is 1.46. The highest BCUT2D eigenvalue weighted by molar-refractivity contribution is 9.10. The normalized spacial score (nSPS) is 10.3. The molecule has 5 nitrogen and oxygen atoms in total. The minimum absolute atomic E-state index is 0.201. The summed E-state index contributed by atoms with van der Waals surface area (Å²) in [6, 6.07) is 7.31. The number of anilines is 4. The fraction of sp³-hybridized carbons (Fsp3) is 0.167. The van der Waals surface area contributed by atoms with E-state index in [-0.39, 0.29) is 5.95 Å². The Balaban J connectivity index is 2.29. The molecule has 7 heteroatoms. The number of halogens is 2. The van der Waals surface area contributed by atoms with Crippen LogP contribution in [-0.4, -0.2) is 16.5 Å². The second-order valence-corrected chi connectivity index (χ2v) is 5.10. The minimum atomic E-state index is 0.201. The van der Waals surface area contributed by atoms with Crippen molar-refractivity contribution in [2.45, 2.75) is 6.92 Å². The fourth-order valence-corrected chi connectivity index (χ4v) is 2.06. The third-order valence-electron chi connectivity index (χ3n) is 2.29. The summed E-state index contributed by atoms with van der Waals surface area (Å²) in [5, 5.41) is 6.81. The maximum atomic E-state index is 6.11. The molecule has 0 radical (unpaired) electrons. The molecule has 0 saturated heterocycles. The van der Waals surface area contributed by atoms with Crippen molar-refractivity contribution in [2.24, 2.45) is 0 Å². The van der Waals surface area contributed by atoms with Gasteiger partial charge < -0.3 is 16.4 Å². The zero-order valence-corrected chi connectivity index (χ0v) is 12.6. The monoisotopic (exact) mass is 341 g/mol.